The molecule has 0 spiro atoms. The Morgan fingerprint density at radius 1 is 1.35 bits per heavy atom. The van der Waals surface area contributed by atoms with Crippen LogP contribution >= 0.6 is 0 Å². The lowest BCUT2D eigenvalue weighted by Crippen LogP contribution is -2.35. The molecular weight excluding hydrogens is 256 g/mol. The first kappa shape index (κ1) is 14.9. The molecule has 1 aliphatic carbocycles. The molecule has 1 aromatic carbocycles. The van der Waals surface area contributed by atoms with Crippen molar-refractivity contribution in [3.8, 4) is 0 Å². The van der Waals surface area contributed by atoms with Crippen molar-refractivity contribution in [3.05, 3.63) is 39.4 Å². The van der Waals surface area contributed by atoms with E-state index >= 15 is 0 Å². The van der Waals surface area contributed by atoms with Gasteiger partial charge in [0.15, 0.2) is 0 Å². The highest BCUT2D eigenvalue weighted by molar-refractivity contribution is 5.44. The van der Waals surface area contributed by atoms with Gasteiger partial charge >= 0.3 is 0 Å². The van der Waals surface area contributed by atoms with Gasteiger partial charge in [-0.1, -0.05) is 31.4 Å². The van der Waals surface area contributed by atoms with Crippen molar-refractivity contribution in [2.45, 2.75) is 57.8 Å². The summed E-state index contributed by atoms with van der Waals surface area (Å²) < 4.78 is 5.93. The van der Waals surface area contributed by atoms with Crippen LogP contribution in [0.15, 0.2) is 18.2 Å². The summed E-state index contributed by atoms with van der Waals surface area (Å²) >= 11 is 0. The SMILES string of the molecule is Cc1c(COC2CCCCCC2N)cccc1[N+](=O)[O-]. The van der Waals surface area contributed by atoms with Crippen molar-refractivity contribution in [2.24, 2.45) is 5.73 Å². The Balaban J connectivity index is 2.03. The largest absolute Gasteiger partial charge is 0.372 e. The topological polar surface area (TPSA) is 78.4 Å². The molecule has 0 aromatic heterocycles. The van der Waals surface area contributed by atoms with E-state index in [0.29, 0.717) is 12.2 Å². The predicted molar refractivity (Wildman–Crippen MR) is 77.5 cm³/mol. The molecule has 2 unspecified atom stereocenters. The molecule has 0 saturated heterocycles. The molecule has 110 valence electrons. The van der Waals surface area contributed by atoms with Crippen LogP contribution in [-0.4, -0.2) is 17.1 Å². The molecule has 0 amide bonds. The number of nitrogens with zero attached hydrogens (tertiary/aromatic N) is 1. The lowest BCUT2D eigenvalue weighted by molar-refractivity contribution is -0.385. The van der Waals surface area contributed by atoms with Gasteiger partial charge in [-0.25, -0.2) is 0 Å². The van der Waals surface area contributed by atoms with Gasteiger partial charge in [-0.05, 0) is 25.3 Å². The van der Waals surface area contributed by atoms with Gasteiger partial charge in [0.25, 0.3) is 5.69 Å². The monoisotopic (exact) mass is 278 g/mol. The minimum Gasteiger partial charge on any atom is -0.372 e. The minimum atomic E-state index is -0.351. The summed E-state index contributed by atoms with van der Waals surface area (Å²) in [7, 11) is 0. The second kappa shape index (κ2) is 6.81. The maximum atomic E-state index is 10.9. The van der Waals surface area contributed by atoms with Crippen molar-refractivity contribution >= 4 is 5.69 Å². The van der Waals surface area contributed by atoms with E-state index in [0.717, 1.165) is 31.2 Å². The molecule has 2 rings (SSSR count). The molecule has 20 heavy (non-hydrogen) atoms. The van der Waals surface area contributed by atoms with E-state index in [1.165, 1.54) is 12.5 Å². The highest BCUT2D eigenvalue weighted by Gasteiger charge is 2.22. The van der Waals surface area contributed by atoms with Crippen LogP contribution in [0.5, 0.6) is 0 Å². The molecular formula is C15H22N2O3. The molecule has 1 aliphatic rings. The number of nitro groups is 1. The van der Waals surface area contributed by atoms with E-state index in [1.807, 2.05) is 6.07 Å². The molecule has 1 aromatic rings. The number of ether oxygens (including phenoxy) is 1. The Morgan fingerprint density at radius 3 is 2.85 bits per heavy atom. The van der Waals surface area contributed by atoms with E-state index in [-0.39, 0.29) is 22.8 Å². The summed E-state index contributed by atoms with van der Waals surface area (Å²) in [6.45, 7) is 2.16. The fraction of sp³-hybridized carbons (Fsp3) is 0.600. The van der Waals surface area contributed by atoms with Crippen molar-refractivity contribution in [1.29, 1.82) is 0 Å². The number of hydrogen-bond acceptors (Lipinski definition) is 4. The molecule has 0 bridgehead atoms. The normalized spacial score (nSPS) is 23.3. The van der Waals surface area contributed by atoms with Crippen molar-refractivity contribution in [2.75, 3.05) is 0 Å². The Kier molecular flexibility index (Phi) is 5.09. The second-order valence-electron chi connectivity index (χ2n) is 5.47. The highest BCUT2D eigenvalue weighted by atomic mass is 16.6. The maximum Gasteiger partial charge on any atom is 0.272 e. The van der Waals surface area contributed by atoms with Crippen LogP contribution < -0.4 is 5.73 Å². The van der Waals surface area contributed by atoms with Gasteiger partial charge in [0.2, 0.25) is 0 Å². The van der Waals surface area contributed by atoms with Gasteiger partial charge in [-0.15, -0.1) is 0 Å². The Labute approximate surface area is 119 Å². The average Bonchev–Trinajstić information content (AvgIpc) is 2.62. The Hall–Kier alpha value is -1.46. The maximum absolute atomic E-state index is 10.9. The predicted octanol–water partition coefficient (Wildman–Crippen LogP) is 3.08. The molecule has 5 heteroatoms. The van der Waals surface area contributed by atoms with Crippen LogP contribution in [0.4, 0.5) is 5.69 Å². The molecule has 0 heterocycles. The van der Waals surface area contributed by atoms with Gasteiger partial charge in [0.05, 0.1) is 17.6 Å². The van der Waals surface area contributed by atoms with E-state index in [4.69, 9.17) is 10.5 Å². The van der Waals surface area contributed by atoms with Gasteiger partial charge in [-0.3, -0.25) is 10.1 Å². The summed E-state index contributed by atoms with van der Waals surface area (Å²) in [5, 5.41) is 10.9. The number of nitrogens with two attached hydrogens (primary N) is 1. The summed E-state index contributed by atoms with van der Waals surface area (Å²) in [4.78, 5) is 10.6. The van der Waals surface area contributed by atoms with Gasteiger partial charge < -0.3 is 10.5 Å². The Morgan fingerprint density at radius 2 is 2.10 bits per heavy atom. The fourth-order valence-corrected chi connectivity index (χ4v) is 2.73. The Bertz CT molecular complexity index is 476. The smallest absolute Gasteiger partial charge is 0.272 e. The number of hydrogen-bond donors (Lipinski definition) is 1. The lowest BCUT2D eigenvalue weighted by atomic mass is 10.1. The first-order valence-electron chi connectivity index (χ1n) is 7.19. The van der Waals surface area contributed by atoms with E-state index < -0.39 is 0 Å². The molecule has 2 atom stereocenters. The zero-order valence-electron chi connectivity index (χ0n) is 11.9. The van der Waals surface area contributed by atoms with Crippen molar-refractivity contribution < 1.29 is 9.66 Å². The van der Waals surface area contributed by atoms with Crippen LogP contribution in [-0.2, 0) is 11.3 Å². The van der Waals surface area contributed by atoms with E-state index in [9.17, 15) is 10.1 Å². The van der Waals surface area contributed by atoms with Crippen LogP contribution in [0.3, 0.4) is 0 Å². The highest BCUT2D eigenvalue weighted by Crippen LogP contribution is 2.24. The fourth-order valence-electron chi connectivity index (χ4n) is 2.73. The zero-order chi connectivity index (χ0) is 14.5. The number of benzene rings is 1. The lowest BCUT2D eigenvalue weighted by Gasteiger charge is -2.22. The summed E-state index contributed by atoms with van der Waals surface area (Å²) in [6, 6.07) is 5.19. The van der Waals surface area contributed by atoms with E-state index in [2.05, 4.69) is 0 Å². The zero-order valence-corrected chi connectivity index (χ0v) is 11.9. The summed E-state index contributed by atoms with van der Waals surface area (Å²) in [6.07, 6.45) is 5.57. The molecule has 5 nitrogen and oxygen atoms in total. The van der Waals surface area contributed by atoms with Gasteiger partial charge in [0, 0.05) is 17.7 Å². The quantitative estimate of drug-likeness (QED) is 0.521. The van der Waals surface area contributed by atoms with Gasteiger partial charge in [-0.2, -0.15) is 0 Å². The first-order valence-corrected chi connectivity index (χ1v) is 7.19. The molecule has 0 radical (unpaired) electrons. The first-order chi connectivity index (χ1) is 9.59. The molecule has 1 saturated carbocycles. The van der Waals surface area contributed by atoms with Crippen LogP contribution in [0, 0.1) is 17.0 Å². The summed E-state index contributed by atoms with van der Waals surface area (Å²) in [5.74, 6) is 0. The average molecular weight is 278 g/mol. The minimum absolute atomic E-state index is 0.0659. The van der Waals surface area contributed by atoms with Crippen LogP contribution in [0.25, 0.3) is 0 Å². The third-order valence-electron chi connectivity index (χ3n) is 4.07. The standard InChI is InChI=1S/C15H22N2O3/c1-11-12(6-5-8-14(11)17(18)19)10-20-15-9-4-2-3-7-13(15)16/h5-6,8,13,15H,2-4,7,9-10,16H2,1H3. The van der Waals surface area contributed by atoms with E-state index in [1.54, 1.807) is 13.0 Å². The number of nitro benzene ring substituents is 1. The number of rotatable bonds is 4. The third kappa shape index (κ3) is 3.55. The van der Waals surface area contributed by atoms with Gasteiger partial charge in [0.1, 0.15) is 0 Å². The van der Waals surface area contributed by atoms with Crippen LogP contribution in [0.2, 0.25) is 0 Å². The third-order valence-corrected chi connectivity index (χ3v) is 4.07. The molecule has 0 aliphatic heterocycles. The molecule has 1 fully saturated rings. The van der Waals surface area contributed by atoms with Crippen LogP contribution in [0.1, 0.15) is 43.2 Å². The van der Waals surface area contributed by atoms with Crippen molar-refractivity contribution in [1.82, 2.24) is 0 Å². The molecule has 2 N–H and O–H groups in total. The summed E-state index contributed by atoms with van der Waals surface area (Å²) in [5.41, 5.74) is 7.83. The van der Waals surface area contributed by atoms with Crippen molar-refractivity contribution in [3.63, 3.8) is 0 Å². The second-order valence-corrected chi connectivity index (χ2v) is 5.47.